The summed E-state index contributed by atoms with van der Waals surface area (Å²) in [5.41, 5.74) is -5.18. The van der Waals surface area contributed by atoms with Gasteiger partial charge in [-0.05, 0) is 20.3 Å². The van der Waals surface area contributed by atoms with Crippen molar-refractivity contribution < 1.29 is 22.0 Å². The van der Waals surface area contributed by atoms with Crippen molar-refractivity contribution in [2.24, 2.45) is 5.41 Å². The maximum absolute atomic E-state index is 13.7. The number of alkyl halides is 5. The first kappa shape index (κ1) is 15.7. The molecule has 0 saturated carbocycles. The molecule has 0 saturated heterocycles. The third-order valence-electron chi connectivity index (χ3n) is 2.87. The molecule has 0 aliphatic rings. The molecule has 0 bridgehead atoms. The molecular formula is C11H19F5. The van der Waals surface area contributed by atoms with E-state index in [1.54, 1.807) is 6.92 Å². The third kappa shape index (κ3) is 2.33. The SMILES string of the molecule is CCCC(C)(C)C(F)(F)C(F)(F)C(C)(C)F. The highest BCUT2D eigenvalue weighted by molar-refractivity contribution is 5.03. The minimum atomic E-state index is -4.68. The van der Waals surface area contributed by atoms with Gasteiger partial charge in [-0.1, -0.05) is 27.2 Å². The van der Waals surface area contributed by atoms with E-state index in [0.29, 0.717) is 20.3 Å². The lowest BCUT2D eigenvalue weighted by atomic mass is 9.75. The van der Waals surface area contributed by atoms with Crippen LogP contribution in [0.5, 0.6) is 0 Å². The number of hydrogen-bond donors (Lipinski definition) is 0. The van der Waals surface area contributed by atoms with Gasteiger partial charge in [0.2, 0.25) is 0 Å². The summed E-state index contributed by atoms with van der Waals surface area (Å²) in [6.45, 7) is 4.65. The lowest BCUT2D eigenvalue weighted by Gasteiger charge is -2.42. The standard InChI is InChI=1S/C11H19F5/c1-6-7-8(2,3)10(13,14)11(15,16)9(4,5)12/h6-7H2,1-5H3. The minimum Gasteiger partial charge on any atom is -0.238 e. The van der Waals surface area contributed by atoms with Crippen LogP contribution in [0.15, 0.2) is 0 Å². The van der Waals surface area contributed by atoms with Crippen LogP contribution < -0.4 is 0 Å². The van der Waals surface area contributed by atoms with E-state index in [1.165, 1.54) is 0 Å². The van der Waals surface area contributed by atoms with Gasteiger partial charge in [-0.3, -0.25) is 0 Å². The Labute approximate surface area is 93.2 Å². The zero-order valence-corrected chi connectivity index (χ0v) is 10.3. The predicted molar refractivity (Wildman–Crippen MR) is 53.8 cm³/mol. The number of hydrogen-bond acceptors (Lipinski definition) is 0. The summed E-state index contributed by atoms with van der Waals surface area (Å²) in [6, 6.07) is 0. The van der Waals surface area contributed by atoms with E-state index in [1.807, 2.05) is 0 Å². The quantitative estimate of drug-likeness (QED) is 0.609. The Hall–Kier alpha value is -0.350. The molecule has 0 heterocycles. The van der Waals surface area contributed by atoms with Crippen molar-refractivity contribution in [3.8, 4) is 0 Å². The second-order valence-electron chi connectivity index (χ2n) is 5.26. The van der Waals surface area contributed by atoms with Gasteiger partial charge in [-0.15, -0.1) is 0 Å². The Kier molecular flexibility index (Phi) is 4.06. The first-order valence-electron chi connectivity index (χ1n) is 5.26. The van der Waals surface area contributed by atoms with Crippen LogP contribution in [0.25, 0.3) is 0 Å². The Balaban J connectivity index is 5.34. The third-order valence-corrected chi connectivity index (χ3v) is 2.87. The molecule has 0 aliphatic heterocycles. The molecule has 0 N–H and O–H groups in total. The summed E-state index contributed by atoms with van der Waals surface area (Å²) in [7, 11) is 0. The van der Waals surface area contributed by atoms with Gasteiger partial charge in [0, 0.05) is 5.41 Å². The highest BCUT2D eigenvalue weighted by Gasteiger charge is 2.71. The predicted octanol–water partition coefficient (Wildman–Crippen LogP) is 4.83. The van der Waals surface area contributed by atoms with Crippen molar-refractivity contribution in [1.29, 1.82) is 0 Å². The molecule has 0 fully saturated rings. The van der Waals surface area contributed by atoms with Crippen LogP contribution in [-0.4, -0.2) is 17.5 Å². The fraction of sp³-hybridized carbons (Fsp3) is 1.00. The van der Waals surface area contributed by atoms with Gasteiger partial charge in [0.05, 0.1) is 0 Å². The summed E-state index contributed by atoms with van der Waals surface area (Å²) >= 11 is 0. The molecule has 98 valence electrons. The van der Waals surface area contributed by atoms with E-state index in [2.05, 4.69) is 0 Å². The van der Waals surface area contributed by atoms with E-state index in [0.717, 1.165) is 13.8 Å². The highest BCUT2D eigenvalue weighted by Crippen LogP contribution is 2.54. The second kappa shape index (κ2) is 4.15. The molecule has 16 heavy (non-hydrogen) atoms. The molecule has 0 amide bonds. The molecule has 5 heteroatoms. The average Bonchev–Trinajstić information content (AvgIpc) is 2.01. The minimum absolute atomic E-state index is 0.0916. The molecule has 0 nitrogen and oxygen atoms in total. The van der Waals surface area contributed by atoms with Crippen LogP contribution in [0.1, 0.15) is 47.5 Å². The molecule has 0 rings (SSSR count). The second-order valence-corrected chi connectivity index (χ2v) is 5.26. The maximum atomic E-state index is 13.7. The van der Waals surface area contributed by atoms with Crippen molar-refractivity contribution in [1.82, 2.24) is 0 Å². The molecule has 0 aliphatic carbocycles. The fourth-order valence-electron chi connectivity index (χ4n) is 1.58. The van der Waals surface area contributed by atoms with Crippen LogP contribution in [0.2, 0.25) is 0 Å². The number of rotatable bonds is 5. The fourth-order valence-corrected chi connectivity index (χ4v) is 1.58. The molecule has 0 spiro atoms. The van der Waals surface area contributed by atoms with Gasteiger partial charge in [0.25, 0.3) is 0 Å². The van der Waals surface area contributed by atoms with E-state index in [-0.39, 0.29) is 6.42 Å². The van der Waals surface area contributed by atoms with Crippen molar-refractivity contribution in [2.75, 3.05) is 0 Å². The Morgan fingerprint density at radius 3 is 1.38 bits per heavy atom. The van der Waals surface area contributed by atoms with Crippen molar-refractivity contribution >= 4 is 0 Å². The Morgan fingerprint density at radius 2 is 1.12 bits per heavy atom. The molecule has 0 aromatic rings. The highest BCUT2D eigenvalue weighted by atomic mass is 19.3. The monoisotopic (exact) mass is 246 g/mol. The molecule has 0 atom stereocenters. The van der Waals surface area contributed by atoms with Gasteiger partial charge in [0.15, 0.2) is 5.67 Å². The van der Waals surface area contributed by atoms with Crippen LogP contribution in [0.4, 0.5) is 22.0 Å². The van der Waals surface area contributed by atoms with E-state index >= 15 is 0 Å². The van der Waals surface area contributed by atoms with Gasteiger partial charge >= 0.3 is 11.8 Å². The van der Waals surface area contributed by atoms with E-state index in [9.17, 15) is 22.0 Å². The van der Waals surface area contributed by atoms with E-state index in [4.69, 9.17) is 0 Å². The molecule has 0 aromatic carbocycles. The first-order valence-corrected chi connectivity index (χ1v) is 5.26. The Morgan fingerprint density at radius 1 is 0.750 bits per heavy atom. The van der Waals surface area contributed by atoms with Gasteiger partial charge < -0.3 is 0 Å². The Bertz CT molecular complexity index is 237. The van der Waals surface area contributed by atoms with Gasteiger partial charge in [-0.2, -0.15) is 17.6 Å². The zero-order chi connectivity index (χ0) is 13.4. The summed E-state index contributed by atoms with van der Waals surface area (Å²) in [6.07, 6.45) is 0.247. The summed E-state index contributed by atoms with van der Waals surface area (Å²) in [5, 5.41) is 0. The normalized spacial score (nSPS) is 15.4. The summed E-state index contributed by atoms with van der Waals surface area (Å²) < 4.78 is 67.4. The maximum Gasteiger partial charge on any atom is 0.343 e. The van der Waals surface area contributed by atoms with Crippen LogP contribution >= 0.6 is 0 Å². The van der Waals surface area contributed by atoms with Crippen LogP contribution in [0, 0.1) is 5.41 Å². The molecule has 0 radical (unpaired) electrons. The lowest BCUT2D eigenvalue weighted by molar-refractivity contribution is -0.303. The summed E-state index contributed by atoms with van der Waals surface area (Å²) in [5.74, 6) is -9.06. The van der Waals surface area contributed by atoms with Crippen molar-refractivity contribution in [2.45, 2.75) is 65.0 Å². The van der Waals surface area contributed by atoms with Crippen LogP contribution in [0.3, 0.4) is 0 Å². The lowest BCUT2D eigenvalue weighted by Crippen LogP contribution is -2.59. The van der Waals surface area contributed by atoms with E-state index < -0.39 is 22.9 Å². The van der Waals surface area contributed by atoms with Crippen LogP contribution in [-0.2, 0) is 0 Å². The van der Waals surface area contributed by atoms with Crippen molar-refractivity contribution in [3.63, 3.8) is 0 Å². The molecule has 0 unspecified atom stereocenters. The van der Waals surface area contributed by atoms with Crippen molar-refractivity contribution in [3.05, 3.63) is 0 Å². The topological polar surface area (TPSA) is 0 Å². The smallest absolute Gasteiger partial charge is 0.238 e. The largest absolute Gasteiger partial charge is 0.343 e. The average molecular weight is 246 g/mol. The molecular weight excluding hydrogens is 227 g/mol. The summed E-state index contributed by atoms with van der Waals surface area (Å²) in [4.78, 5) is 0. The zero-order valence-electron chi connectivity index (χ0n) is 10.3. The molecule has 0 aromatic heterocycles. The first-order chi connectivity index (χ1) is 6.81. The van der Waals surface area contributed by atoms with Gasteiger partial charge in [0.1, 0.15) is 0 Å². The number of halogens is 5. The van der Waals surface area contributed by atoms with Gasteiger partial charge in [-0.25, -0.2) is 4.39 Å².